The average Bonchev–Trinajstić information content (AvgIpc) is 2.84. The van der Waals surface area contributed by atoms with Crippen molar-refractivity contribution >= 4 is 21.4 Å². The summed E-state index contributed by atoms with van der Waals surface area (Å²) in [6.07, 6.45) is 2.96. The Hall–Kier alpha value is -0.430. The van der Waals surface area contributed by atoms with Gasteiger partial charge in [-0.05, 0) is 43.0 Å². The molecule has 1 aromatic rings. The number of aryl methyl sites for hydroxylation is 1. The number of rotatable bonds is 4. The summed E-state index contributed by atoms with van der Waals surface area (Å²) in [6, 6.07) is 0.0786. The average molecular weight is 288 g/mol. The lowest BCUT2D eigenvalue weighted by atomic mass is 10.1. The van der Waals surface area contributed by atoms with Gasteiger partial charge in [0.2, 0.25) is 10.0 Å². The van der Waals surface area contributed by atoms with Gasteiger partial charge in [-0.15, -0.1) is 11.3 Å². The van der Waals surface area contributed by atoms with Crippen molar-refractivity contribution in [3.05, 3.63) is 15.8 Å². The van der Waals surface area contributed by atoms with Crippen molar-refractivity contribution in [1.82, 2.24) is 4.72 Å². The van der Waals surface area contributed by atoms with Gasteiger partial charge in [0.25, 0.3) is 0 Å². The van der Waals surface area contributed by atoms with E-state index in [0.717, 1.165) is 29.7 Å². The first-order valence-corrected chi connectivity index (χ1v) is 8.59. The molecule has 0 aromatic carbocycles. The summed E-state index contributed by atoms with van der Waals surface area (Å²) in [5.74, 6) is 0.607. The van der Waals surface area contributed by atoms with E-state index in [1.54, 1.807) is 0 Å². The molecule has 1 aliphatic carbocycles. The van der Waals surface area contributed by atoms with E-state index < -0.39 is 10.0 Å². The fourth-order valence-corrected chi connectivity index (χ4v) is 5.57. The maximum absolute atomic E-state index is 12.4. The molecule has 1 aromatic heterocycles. The molecule has 4 nitrogen and oxygen atoms in total. The Morgan fingerprint density at radius 1 is 1.50 bits per heavy atom. The molecule has 2 unspecified atom stereocenters. The van der Waals surface area contributed by atoms with E-state index in [9.17, 15) is 8.42 Å². The Labute approximate surface area is 113 Å². The van der Waals surface area contributed by atoms with Crippen molar-refractivity contribution in [1.29, 1.82) is 0 Å². The quantitative estimate of drug-likeness (QED) is 0.890. The molecule has 2 rings (SSSR count). The van der Waals surface area contributed by atoms with Gasteiger partial charge in [-0.1, -0.05) is 6.92 Å². The molecule has 6 heteroatoms. The molecule has 3 N–H and O–H groups in total. The second-order valence-corrected chi connectivity index (χ2v) is 7.73. The van der Waals surface area contributed by atoms with Crippen molar-refractivity contribution < 1.29 is 8.42 Å². The third-order valence-corrected chi connectivity index (χ3v) is 6.47. The summed E-state index contributed by atoms with van der Waals surface area (Å²) in [4.78, 5) is 1.14. The third-order valence-electron chi connectivity index (χ3n) is 3.46. The van der Waals surface area contributed by atoms with Crippen LogP contribution < -0.4 is 10.5 Å². The van der Waals surface area contributed by atoms with Gasteiger partial charge in [-0.2, -0.15) is 0 Å². The van der Waals surface area contributed by atoms with Gasteiger partial charge in [-0.3, -0.25) is 0 Å². The van der Waals surface area contributed by atoms with Gasteiger partial charge in [-0.25, -0.2) is 13.1 Å². The molecule has 0 amide bonds. The zero-order valence-electron chi connectivity index (χ0n) is 10.8. The summed E-state index contributed by atoms with van der Waals surface area (Å²) in [5.41, 5.74) is 6.40. The Balaban J connectivity index is 2.22. The third kappa shape index (κ3) is 2.77. The molecule has 0 saturated heterocycles. The van der Waals surface area contributed by atoms with Crippen molar-refractivity contribution in [3.63, 3.8) is 0 Å². The molecule has 102 valence electrons. The minimum atomic E-state index is -3.42. The zero-order valence-corrected chi connectivity index (χ0v) is 12.4. The van der Waals surface area contributed by atoms with E-state index in [2.05, 4.69) is 11.6 Å². The second-order valence-electron chi connectivity index (χ2n) is 5.11. The number of hydrogen-bond donors (Lipinski definition) is 2. The lowest BCUT2D eigenvalue weighted by Crippen LogP contribution is -2.33. The Morgan fingerprint density at radius 3 is 2.78 bits per heavy atom. The minimum Gasteiger partial charge on any atom is -0.326 e. The topological polar surface area (TPSA) is 72.2 Å². The maximum atomic E-state index is 12.4. The number of sulfonamides is 1. The van der Waals surface area contributed by atoms with Gasteiger partial charge in [0.05, 0.1) is 0 Å². The van der Waals surface area contributed by atoms with E-state index >= 15 is 0 Å². The molecule has 1 aliphatic rings. The SMILES string of the molecule is Cc1csc(CN)c1S(=O)(=O)NC1CCC(C)C1. The Bertz CT molecular complexity index is 522. The monoisotopic (exact) mass is 288 g/mol. The van der Waals surface area contributed by atoms with Crippen LogP contribution in [-0.2, 0) is 16.6 Å². The van der Waals surface area contributed by atoms with Gasteiger partial charge >= 0.3 is 0 Å². The molecule has 0 aliphatic heterocycles. The van der Waals surface area contributed by atoms with Crippen LogP contribution in [-0.4, -0.2) is 14.5 Å². The van der Waals surface area contributed by atoms with E-state index in [4.69, 9.17) is 5.73 Å². The van der Waals surface area contributed by atoms with Crippen LogP contribution in [0.25, 0.3) is 0 Å². The highest BCUT2D eigenvalue weighted by Gasteiger charge is 2.29. The first-order valence-electron chi connectivity index (χ1n) is 6.23. The molecule has 0 spiro atoms. The van der Waals surface area contributed by atoms with E-state index in [-0.39, 0.29) is 12.6 Å². The van der Waals surface area contributed by atoms with Crippen LogP contribution >= 0.6 is 11.3 Å². The first kappa shape index (κ1) is 14.0. The molecule has 1 saturated carbocycles. The molecule has 1 heterocycles. The van der Waals surface area contributed by atoms with Crippen LogP contribution in [0.3, 0.4) is 0 Å². The highest BCUT2D eigenvalue weighted by molar-refractivity contribution is 7.89. The van der Waals surface area contributed by atoms with Crippen LogP contribution in [0.2, 0.25) is 0 Å². The largest absolute Gasteiger partial charge is 0.326 e. The van der Waals surface area contributed by atoms with Crippen LogP contribution in [0.1, 0.15) is 36.6 Å². The summed E-state index contributed by atoms with van der Waals surface area (Å²) in [7, 11) is -3.42. The molecule has 0 radical (unpaired) electrons. The molecular formula is C12H20N2O2S2. The fourth-order valence-electron chi connectivity index (χ4n) is 2.58. The Kier molecular flexibility index (Phi) is 4.11. The predicted molar refractivity (Wildman–Crippen MR) is 74.1 cm³/mol. The molecular weight excluding hydrogens is 268 g/mol. The number of hydrogen-bond acceptors (Lipinski definition) is 4. The summed E-state index contributed by atoms with van der Waals surface area (Å²) >= 11 is 1.42. The lowest BCUT2D eigenvalue weighted by Gasteiger charge is -2.14. The van der Waals surface area contributed by atoms with Crippen molar-refractivity contribution in [2.24, 2.45) is 11.7 Å². The van der Waals surface area contributed by atoms with Crippen molar-refractivity contribution in [3.8, 4) is 0 Å². The minimum absolute atomic E-state index is 0.0786. The van der Waals surface area contributed by atoms with Crippen molar-refractivity contribution in [2.75, 3.05) is 0 Å². The molecule has 2 atom stereocenters. The van der Waals surface area contributed by atoms with Crippen LogP contribution in [0.5, 0.6) is 0 Å². The number of nitrogens with two attached hydrogens (primary N) is 1. The van der Waals surface area contributed by atoms with Crippen LogP contribution in [0, 0.1) is 12.8 Å². The highest BCUT2D eigenvalue weighted by Crippen LogP contribution is 2.29. The van der Waals surface area contributed by atoms with E-state index in [1.165, 1.54) is 11.3 Å². The van der Waals surface area contributed by atoms with E-state index in [1.807, 2.05) is 12.3 Å². The summed E-state index contributed by atoms with van der Waals surface area (Å²) in [6.45, 7) is 4.26. The number of thiophene rings is 1. The normalized spacial score (nSPS) is 24.6. The van der Waals surface area contributed by atoms with Gasteiger partial charge < -0.3 is 5.73 Å². The van der Waals surface area contributed by atoms with Gasteiger partial charge in [0.15, 0.2) is 0 Å². The van der Waals surface area contributed by atoms with Crippen LogP contribution in [0.15, 0.2) is 10.3 Å². The smallest absolute Gasteiger partial charge is 0.242 e. The van der Waals surface area contributed by atoms with Crippen molar-refractivity contribution in [2.45, 2.75) is 50.6 Å². The maximum Gasteiger partial charge on any atom is 0.242 e. The molecule has 1 fully saturated rings. The summed E-state index contributed by atoms with van der Waals surface area (Å²) in [5, 5.41) is 1.86. The lowest BCUT2D eigenvalue weighted by molar-refractivity contribution is 0.537. The molecule has 0 bridgehead atoms. The molecule has 18 heavy (non-hydrogen) atoms. The van der Waals surface area contributed by atoms with Crippen LogP contribution in [0.4, 0.5) is 0 Å². The van der Waals surface area contributed by atoms with Gasteiger partial charge in [0, 0.05) is 17.5 Å². The van der Waals surface area contributed by atoms with E-state index in [0.29, 0.717) is 10.8 Å². The fraction of sp³-hybridized carbons (Fsp3) is 0.667. The highest BCUT2D eigenvalue weighted by atomic mass is 32.2. The predicted octanol–water partition coefficient (Wildman–Crippen LogP) is 1.98. The first-order chi connectivity index (χ1) is 8.44. The van der Waals surface area contributed by atoms with Gasteiger partial charge in [0.1, 0.15) is 4.90 Å². The zero-order chi connectivity index (χ0) is 13.3. The Morgan fingerprint density at radius 2 is 2.22 bits per heavy atom. The second kappa shape index (κ2) is 5.28. The summed E-state index contributed by atoms with van der Waals surface area (Å²) < 4.78 is 27.6. The standard InChI is InChI=1S/C12H20N2O2S2/c1-8-3-4-10(5-8)14-18(15,16)12-9(2)7-17-11(12)6-13/h7-8,10,14H,3-6,13H2,1-2H3. The number of nitrogens with one attached hydrogen (secondary N) is 1.